The van der Waals surface area contributed by atoms with E-state index in [4.69, 9.17) is 14.6 Å². The van der Waals surface area contributed by atoms with E-state index in [1.54, 1.807) is 0 Å². The first kappa shape index (κ1) is 14.4. The number of carbonyl (C=O) groups is 1. The molecule has 1 aliphatic carbocycles. The number of rotatable bonds is 4. The number of hydrogen-bond acceptors (Lipinski definition) is 3. The molecule has 1 heterocycles. The molecule has 2 aliphatic rings. The van der Waals surface area contributed by atoms with Crippen LogP contribution in [0.25, 0.3) is 0 Å². The molecule has 3 rings (SSSR count). The number of hydrogen-bond donors (Lipinski definition) is 1. The molecule has 2 atom stereocenters. The van der Waals surface area contributed by atoms with Crippen LogP contribution in [0.2, 0.25) is 0 Å². The second-order valence-electron chi connectivity index (χ2n) is 6.01. The maximum atomic E-state index is 10.9. The second kappa shape index (κ2) is 6.48. The summed E-state index contributed by atoms with van der Waals surface area (Å²) in [6.07, 6.45) is 6.01. The predicted octanol–water partition coefficient (Wildman–Crippen LogP) is 3.17. The Kier molecular flexibility index (Phi) is 4.44. The molecule has 21 heavy (non-hydrogen) atoms. The van der Waals surface area contributed by atoms with Crippen LogP contribution >= 0.6 is 0 Å². The van der Waals surface area contributed by atoms with Crippen molar-refractivity contribution in [3.05, 3.63) is 29.3 Å². The van der Waals surface area contributed by atoms with E-state index in [1.165, 1.54) is 11.1 Å². The summed E-state index contributed by atoms with van der Waals surface area (Å²) >= 11 is 0. The standard InChI is InChI=1S/C17H22O4/c18-16(19)11-12-7-8-14-13(10-12)4-3-5-15(14)21-17-6-1-2-9-20-17/h3-5,12,17H,1-2,6-11H2,(H,18,19). The Morgan fingerprint density at radius 2 is 2.24 bits per heavy atom. The molecule has 114 valence electrons. The van der Waals surface area contributed by atoms with Crippen LogP contribution < -0.4 is 4.74 Å². The molecule has 1 aromatic rings. The quantitative estimate of drug-likeness (QED) is 0.925. The fraction of sp³-hybridized carbons (Fsp3) is 0.588. The van der Waals surface area contributed by atoms with Gasteiger partial charge >= 0.3 is 5.97 Å². The summed E-state index contributed by atoms with van der Waals surface area (Å²) in [6, 6.07) is 6.10. The molecule has 1 aromatic carbocycles. The average molecular weight is 290 g/mol. The summed E-state index contributed by atoms with van der Waals surface area (Å²) in [4.78, 5) is 10.9. The molecule has 1 fully saturated rings. The van der Waals surface area contributed by atoms with Crippen molar-refractivity contribution < 1.29 is 19.4 Å². The van der Waals surface area contributed by atoms with Crippen LogP contribution in [0.5, 0.6) is 5.75 Å². The van der Waals surface area contributed by atoms with E-state index in [2.05, 4.69) is 6.07 Å². The summed E-state index contributed by atoms with van der Waals surface area (Å²) in [5.41, 5.74) is 2.48. The molecule has 1 saturated heterocycles. The van der Waals surface area contributed by atoms with E-state index in [1.807, 2.05) is 12.1 Å². The number of fused-ring (bicyclic) bond motifs is 1. The molecule has 0 saturated carbocycles. The van der Waals surface area contributed by atoms with E-state index in [-0.39, 0.29) is 18.6 Å². The Hall–Kier alpha value is -1.55. The lowest BCUT2D eigenvalue weighted by Gasteiger charge is -2.28. The zero-order chi connectivity index (χ0) is 14.7. The van der Waals surface area contributed by atoms with Gasteiger partial charge in [0.1, 0.15) is 5.75 Å². The van der Waals surface area contributed by atoms with Crippen molar-refractivity contribution in [2.24, 2.45) is 5.92 Å². The molecule has 1 N–H and O–H groups in total. The highest BCUT2D eigenvalue weighted by atomic mass is 16.7. The van der Waals surface area contributed by atoms with Crippen molar-refractivity contribution >= 4 is 5.97 Å². The van der Waals surface area contributed by atoms with Crippen LogP contribution in [0.15, 0.2) is 18.2 Å². The van der Waals surface area contributed by atoms with E-state index < -0.39 is 5.97 Å². The second-order valence-corrected chi connectivity index (χ2v) is 6.01. The normalized spacial score (nSPS) is 25.1. The minimum atomic E-state index is -0.702. The van der Waals surface area contributed by atoms with Gasteiger partial charge in [0.05, 0.1) is 6.61 Å². The molecular formula is C17H22O4. The van der Waals surface area contributed by atoms with E-state index in [9.17, 15) is 4.79 Å². The lowest BCUT2D eigenvalue weighted by molar-refractivity contribution is -0.138. The Labute approximate surface area is 125 Å². The summed E-state index contributed by atoms with van der Waals surface area (Å²) in [6.45, 7) is 0.778. The van der Waals surface area contributed by atoms with Crippen LogP contribution in [0.3, 0.4) is 0 Å². The van der Waals surface area contributed by atoms with Crippen molar-refractivity contribution in [2.75, 3.05) is 6.61 Å². The van der Waals surface area contributed by atoms with Crippen LogP contribution in [-0.2, 0) is 22.4 Å². The van der Waals surface area contributed by atoms with E-state index in [0.29, 0.717) is 0 Å². The third kappa shape index (κ3) is 3.56. The smallest absolute Gasteiger partial charge is 0.303 e. The average Bonchev–Trinajstić information content (AvgIpc) is 2.48. The molecule has 4 heteroatoms. The van der Waals surface area contributed by atoms with Gasteiger partial charge in [-0.25, -0.2) is 0 Å². The fourth-order valence-corrected chi connectivity index (χ4v) is 3.32. The number of carboxylic acid groups (broad SMARTS) is 1. The van der Waals surface area contributed by atoms with Crippen molar-refractivity contribution in [2.45, 2.75) is 51.2 Å². The largest absolute Gasteiger partial charge is 0.481 e. The summed E-state index contributed by atoms with van der Waals surface area (Å²) in [7, 11) is 0. The molecule has 0 aromatic heterocycles. The highest BCUT2D eigenvalue weighted by Crippen LogP contribution is 2.34. The van der Waals surface area contributed by atoms with Gasteiger partial charge in [-0.3, -0.25) is 4.79 Å². The van der Waals surface area contributed by atoms with Crippen LogP contribution in [0, 0.1) is 5.92 Å². The zero-order valence-corrected chi connectivity index (χ0v) is 12.2. The number of aliphatic carboxylic acids is 1. The minimum absolute atomic E-state index is 0.123. The van der Waals surface area contributed by atoms with Gasteiger partial charge in [-0.15, -0.1) is 0 Å². The Balaban J connectivity index is 1.71. The Morgan fingerprint density at radius 1 is 1.33 bits per heavy atom. The van der Waals surface area contributed by atoms with Gasteiger partial charge in [-0.1, -0.05) is 12.1 Å². The maximum Gasteiger partial charge on any atom is 0.303 e. The molecule has 1 aliphatic heterocycles. The van der Waals surface area contributed by atoms with Gasteiger partial charge in [0, 0.05) is 12.8 Å². The molecular weight excluding hydrogens is 268 g/mol. The first-order valence-electron chi connectivity index (χ1n) is 7.83. The van der Waals surface area contributed by atoms with Crippen LogP contribution in [0.1, 0.15) is 43.2 Å². The monoisotopic (exact) mass is 290 g/mol. The third-order valence-corrected chi connectivity index (χ3v) is 4.40. The first-order chi connectivity index (χ1) is 10.2. The minimum Gasteiger partial charge on any atom is -0.481 e. The van der Waals surface area contributed by atoms with Gasteiger partial charge in [0.25, 0.3) is 0 Å². The van der Waals surface area contributed by atoms with Crippen LogP contribution in [0.4, 0.5) is 0 Å². The topological polar surface area (TPSA) is 55.8 Å². The van der Waals surface area contributed by atoms with Crippen molar-refractivity contribution in [3.8, 4) is 5.75 Å². The first-order valence-corrected chi connectivity index (χ1v) is 7.83. The molecule has 2 unspecified atom stereocenters. The number of carboxylic acids is 1. The number of ether oxygens (including phenoxy) is 2. The SMILES string of the molecule is O=C(O)CC1CCc2c(cccc2OC2CCCCO2)C1. The Bertz CT molecular complexity index is 506. The molecule has 4 nitrogen and oxygen atoms in total. The van der Waals surface area contributed by atoms with Crippen molar-refractivity contribution in [3.63, 3.8) is 0 Å². The van der Waals surface area contributed by atoms with E-state index in [0.717, 1.165) is 50.9 Å². The molecule has 0 amide bonds. The number of benzene rings is 1. The van der Waals surface area contributed by atoms with Crippen molar-refractivity contribution in [1.29, 1.82) is 0 Å². The molecule has 0 bridgehead atoms. The summed E-state index contributed by atoms with van der Waals surface area (Å²) in [5.74, 6) is 0.468. The summed E-state index contributed by atoms with van der Waals surface area (Å²) in [5, 5.41) is 8.94. The molecule has 0 spiro atoms. The predicted molar refractivity (Wildman–Crippen MR) is 78.4 cm³/mol. The lowest BCUT2D eigenvalue weighted by Crippen LogP contribution is -2.26. The zero-order valence-electron chi connectivity index (χ0n) is 12.2. The molecule has 0 radical (unpaired) electrons. The van der Waals surface area contributed by atoms with E-state index >= 15 is 0 Å². The summed E-state index contributed by atoms with van der Waals surface area (Å²) < 4.78 is 11.7. The van der Waals surface area contributed by atoms with Gasteiger partial charge in [0.15, 0.2) is 6.29 Å². The van der Waals surface area contributed by atoms with Gasteiger partial charge < -0.3 is 14.6 Å². The maximum absolute atomic E-state index is 10.9. The lowest BCUT2D eigenvalue weighted by atomic mass is 9.82. The highest BCUT2D eigenvalue weighted by Gasteiger charge is 2.24. The van der Waals surface area contributed by atoms with Crippen molar-refractivity contribution in [1.82, 2.24) is 0 Å². The van der Waals surface area contributed by atoms with Gasteiger partial charge in [-0.05, 0) is 55.2 Å². The third-order valence-electron chi connectivity index (χ3n) is 4.40. The van der Waals surface area contributed by atoms with Crippen LogP contribution in [-0.4, -0.2) is 24.0 Å². The van der Waals surface area contributed by atoms with Gasteiger partial charge in [0.2, 0.25) is 0 Å². The highest BCUT2D eigenvalue weighted by molar-refractivity contribution is 5.67. The fourth-order valence-electron chi connectivity index (χ4n) is 3.32. The van der Waals surface area contributed by atoms with Gasteiger partial charge in [-0.2, -0.15) is 0 Å². The Morgan fingerprint density at radius 3 is 3.00 bits per heavy atom.